The zero-order chi connectivity index (χ0) is 22.7. The summed E-state index contributed by atoms with van der Waals surface area (Å²) in [5.41, 5.74) is 3.68. The van der Waals surface area contributed by atoms with Gasteiger partial charge in [0.15, 0.2) is 5.96 Å². The fourth-order valence-corrected chi connectivity index (χ4v) is 4.07. The van der Waals surface area contributed by atoms with Crippen molar-refractivity contribution in [1.82, 2.24) is 10.6 Å². The smallest absolute Gasteiger partial charge is 0.191 e. The number of aliphatic imine (C=N–C) groups is 1. The molecule has 6 heteroatoms. The Balaban J connectivity index is 1.61. The quantitative estimate of drug-likeness (QED) is 0.335. The van der Waals surface area contributed by atoms with Gasteiger partial charge in [-0.2, -0.15) is 0 Å². The van der Waals surface area contributed by atoms with Gasteiger partial charge in [-0.05, 0) is 43.9 Å². The highest BCUT2D eigenvalue weighted by Crippen LogP contribution is 2.34. The topological polar surface area (TPSA) is 64.1 Å². The summed E-state index contributed by atoms with van der Waals surface area (Å²) in [5.74, 6) is 1.67. The third-order valence-electron chi connectivity index (χ3n) is 6.01. The van der Waals surface area contributed by atoms with Crippen LogP contribution in [0, 0.1) is 6.92 Å². The Morgan fingerprint density at radius 1 is 1.06 bits per heavy atom. The molecule has 6 nitrogen and oxygen atoms in total. The maximum atomic E-state index is 5.98. The van der Waals surface area contributed by atoms with E-state index in [0.29, 0.717) is 26.4 Å². The van der Waals surface area contributed by atoms with Gasteiger partial charge >= 0.3 is 0 Å². The van der Waals surface area contributed by atoms with Crippen molar-refractivity contribution in [3.63, 3.8) is 0 Å². The van der Waals surface area contributed by atoms with E-state index < -0.39 is 0 Å². The second kappa shape index (κ2) is 12.5. The van der Waals surface area contributed by atoms with Crippen LogP contribution in [0.1, 0.15) is 36.5 Å². The number of aryl methyl sites for hydroxylation is 1. The average Bonchev–Trinajstić information content (AvgIpc) is 2.84. The lowest BCUT2D eigenvalue weighted by atomic mass is 9.74. The van der Waals surface area contributed by atoms with Crippen molar-refractivity contribution in [2.75, 3.05) is 46.6 Å². The zero-order valence-corrected chi connectivity index (χ0v) is 19.7. The van der Waals surface area contributed by atoms with Gasteiger partial charge in [0.25, 0.3) is 0 Å². The lowest BCUT2D eigenvalue weighted by Gasteiger charge is -2.38. The summed E-state index contributed by atoms with van der Waals surface area (Å²) in [5, 5.41) is 7.01. The molecule has 1 fully saturated rings. The van der Waals surface area contributed by atoms with Crippen molar-refractivity contribution in [2.45, 2.75) is 38.6 Å². The third-order valence-corrected chi connectivity index (χ3v) is 6.01. The predicted molar refractivity (Wildman–Crippen MR) is 130 cm³/mol. The first-order valence-corrected chi connectivity index (χ1v) is 11.5. The average molecular weight is 440 g/mol. The molecule has 0 aliphatic carbocycles. The van der Waals surface area contributed by atoms with Crippen LogP contribution in [-0.4, -0.2) is 52.6 Å². The number of hydrogen-bond acceptors (Lipinski definition) is 4. The molecule has 0 unspecified atom stereocenters. The molecule has 1 aliphatic heterocycles. The molecule has 0 bridgehead atoms. The molecule has 0 radical (unpaired) electrons. The minimum absolute atomic E-state index is 0.0501. The minimum atomic E-state index is 0.0501. The van der Waals surface area contributed by atoms with Gasteiger partial charge in [-0.1, -0.05) is 42.5 Å². The molecule has 2 aromatic carbocycles. The maximum Gasteiger partial charge on any atom is 0.191 e. The standard InChI is InChI=1S/C26H37N3O3/c1-4-30-16-17-32-24-18-21(2)10-11-22(24)19-28-25(27-3)29-20-26(12-14-31-15-13-26)23-8-6-5-7-9-23/h5-11,18H,4,12-17,19-20H2,1-3H3,(H2,27,28,29). The molecule has 1 heterocycles. The largest absolute Gasteiger partial charge is 0.491 e. The van der Waals surface area contributed by atoms with Crippen LogP contribution >= 0.6 is 0 Å². The Hall–Kier alpha value is -2.57. The van der Waals surface area contributed by atoms with Crippen LogP contribution < -0.4 is 15.4 Å². The first kappa shape index (κ1) is 24.1. The van der Waals surface area contributed by atoms with Gasteiger partial charge < -0.3 is 24.8 Å². The highest BCUT2D eigenvalue weighted by molar-refractivity contribution is 5.79. The zero-order valence-electron chi connectivity index (χ0n) is 19.7. The summed E-state index contributed by atoms with van der Waals surface area (Å²) in [6, 6.07) is 17.0. The van der Waals surface area contributed by atoms with Crippen molar-refractivity contribution in [2.24, 2.45) is 4.99 Å². The van der Waals surface area contributed by atoms with E-state index in [1.165, 1.54) is 11.1 Å². The highest BCUT2D eigenvalue weighted by atomic mass is 16.5. The molecule has 0 saturated carbocycles. The molecule has 1 aliphatic rings. The van der Waals surface area contributed by atoms with Gasteiger partial charge in [0.1, 0.15) is 12.4 Å². The number of nitrogens with zero attached hydrogens (tertiary/aromatic N) is 1. The van der Waals surface area contributed by atoms with Crippen LogP contribution in [-0.2, 0) is 21.4 Å². The maximum absolute atomic E-state index is 5.98. The molecular formula is C26H37N3O3. The van der Waals surface area contributed by atoms with Crippen molar-refractivity contribution in [1.29, 1.82) is 0 Å². The summed E-state index contributed by atoms with van der Waals surface area (Å²) >= 11 is 0. The van der Waals surface area contributed by atoms with E-state index in [2.05, 4.69) is 71.1 Å². The SMILES string of the molecule is CCOCCOc1cc(C)ccc1CNC(=NC)NCC1(c2ccccc2)CCOCC1. The molecule has 0 atom stereocenters. The molecule has 174 valence electrons. The van der Waals surface area contributed by atoms with Crippen molar-refractivity contribution in [3.8, 4) is 5.75 Å². The predicted octanol–water partition coefficient (Wildman–Crippen LogP) is 3.82. The van der Waals surface area contributed by atoms with E-state index in [-0.39, 0.29) is 5.41 Å². The molecule has 2 N–H and O–H groups in total. The van der Waals surface area contributed by atoms with E-state index in [0.717, 1.165) is 49.9 Å². The number of ether oxygens (including phenoxy) is 3. The summed E-state index contributed by atoms with van der Waals surface area (Å²) < 4.78 is 17.0. The second-order valence-electron chi connectivity index (χ2n) is 8.19. The summed E-state index contributed by atoms with van der Waals surface area (Å²) in [6.07, 6.45) is 1.99. The number of guanidine groups is 1. The monoisotopic (exact) mass is 439 g/mol. The van der Waals surface area contributed by atoms with Gasteiger partial charge in [0, 0.05) is 50.9 Å². The lowest BCUT2D eigenvalue weighted by Crippen LogP contribution is -2.47. The number of rotatable bonds is 10. The number of benzene rings is 2. The second-order valence-corrected chi connectivity index (χ2v) is 8.19. The van der Waals surface area contributed by atoms with Crippen LogP contribution in [0.3, 0.4) is 0 Å². The van der Waals surface area contributed by atoms with Crippen LogP contribution in [0.5, 0.6) is 5.75 Å². The molecule has 3 rings (SSSR count). The van der Waals surface area contributed by atoms with Gasteiger partial charge in [-0.3, -0.25) is 4.99 Å². The van der Waals surface area contributed by atoms with Crippen LogP contribution in [0.25, 0.3) is 0 Å². The minimum Gasteiger partial charge on any atom is -0.491 e. The molecule has 2 aromatic rings. The van der Waals surface area contributed by atoms with Crippen LogP contribution in [0.2, 0.25) is 0 Å². The van der Waals surface area contributed by atoms with E-state index >= 15 is 0 Å². The Bertz CT molecular complexity index is 849. The van der Waals surface area contributed by atoms with Crippen LogP contribution in [0.4, 0.5) is 0 Å². The van der Waals surface area contributed by atoms with E-state index in [1.54, 1.807) is 0 Å². The fourth-order valence-electron chi connectivity index (χ4n) is 4.07. The van der Waals surface area contributed by atoms with Crippen LogP contribution in [0.15, 0.2) is 53.5 Å². The van der Waals surface area contributed by atoms with Gasteiger partial charge in [0.2, 0.25) is 0 Å². The highest BCUT2D eigenvalue weighted by Gasteiger charge is 2.34. The summed E-state index contributed by atoms with van der Waals surface area (Å²) in [4.78, 5) is 4.45. The molecular weight excluding hydrogens is 402 g/mol. The first-order chi connectivity index (χ1) is 15.7. The van der Waals surface area contributed by atoms with E-state index in [9.17, 15) is 0 Å². The molecule has 0 amide bonds. The van der Waals surface area contributed by atoms with Crippen molar-refractivity contribution >= 4 is 5.96 Å². The lowest BCUT2D eigenvalue weighted by molar-refractivity contribution is 0.0514. The number of hydrogen-bond donors (Lipinski definition) is 2. The fraction of sp³-hybridized carbons (Fsp3) is 0.500. The summed E-state index contributed by atoms with van der Waals surface area (Å²) in [7, 11) is 1.81. The molecule has 0 spiro atoms. The van der Waals surface area contributed by atoms with Gasteiger partial charge in [0.05, 0.1) is 6.61 Å². The van der Waals surface area contributed by atoms with E-state index in [4.69, 9.17) is 14.2 Å². The molecule has 32 heavy (non-hydrogen) atoms. The normalized spacial score (nSPS) is 15.9. The number of nitrogens with one attached hydrogen (secondary N) is 2. The Labute approximate surface area is 192 Å². The van der Waals surface area contributed by atoms with Crippen molar-refractivity contribution in [3.05, 3.63) is 65.2 Å². The van der Waals surface area contributed by atoms with Gasteiger partial charge in [-0.15, -0.1) is 0 Å². The van der Waals surface area contributed by atoms with E-state index in [1.807, 2.05) is 14.0 Å². The Morgan fingerprint density at radius 2 is 1.84 bits per heavy atom. The molecule has 1 saturated heterocycles. The van der Waals surface area contributed by atoms with Crippen molar-refractivity contribution < 1.29 is 14.2 Å². The third kappa shape index (κ3) is 6.71. The summed E-state index contributed by atoms with van der Waals surface area (Å²) in [6.45, 7) is 8.90. The Kier molecular flexibility index (Phi) is 9.38. The molecule has 0 aromatic heterocycles. The Morgan fingerprint density at radius 3 is 2.56 bits per heavy atom. The first-order valence-electron chi connectivity index (χ1n) is 11.5. The van der Waals surface area contributed by atoms with Gasteiger partial charge in [-0.25, -0.2) is 0 Å².